The molecule has 5 heteroatoms. The molecule has 68 valence electrons. The molecule has 0 atom stereocenters. The van der Waals surface area contributed by atoms with Crippen molar-refractivity contribution in [3.8, 4) is 0 Å². The molecule has 1 amide bonds. The predicted octanol–water partition coefficient (Wildman–Crippen LogP) is -1.92. The molecule has 0 aromatic heterocycles. The number of hydrogen-bond acceptors (Lipinski definition) is 3. The largest absolute Gasteiger partial charge is 1.00 e. The van der Waals surface area contributed by atoms with Gasteiger partial charge in [-0.15, -0.1) is 6.54 Å². The maximum absolute atomic E-state index is 10.7. The Morgan fingerprint density at radius 3 is 2.17 bits per heavy atom. The summed E-state index contributed by atoms with van der Waals surface area (Å²) in [5.74, 6) is 0. The third-order valence-electron chi connectivity index (χ3n) is 0.668. The Morgan fingerprint density at radius 1 is 1.50 bits per heavy atom. The average Bonchev–Trinajstić information content (AvgIpc) is 1.59. The van der Waals surface area contributed by atoms with Gasteiger partial charge in [0.15, 0.2) is 0 Å². The fourth-order valence-electron chi connectivity index (χ4n) is 0.416. The Balaban J connectivity index is -0.000000405. The number of nitrogens with one attached hydrogen (secondary N) is 1. The molecule has 0 heterocycles. The Bertz CT molecular complexity index is 125. The van der Waals surface area contributed by atoms with E-state index in [-0.39, 0.29) is 43.1 Å². The molecule has 0 bridgehead atoms. The molecule has 0 rings (SSSR count). The van der Waals surface area contributed by atoms with Crippen LogP contribution in [0.25, 0.3) is 0 Å². The quantitative estimate of drug-likeness (QED) is 0.232. The van der Waals surface area contributed by atoms with Gasteiger partial charge in [0.1, 0.15) is 5.60 Å². The van der Waals surface area contributed by atoms with Gasteiger partial charge in [-0.05, 0) is 20.8 Å². The van der Waals surface area contributed by atoms with E-state index in [1.165, 1.54) is 0 Å². The third kappa shape index (κ3) is 13.2. The molecule has 0 aliphatic rings. The molecule has 0 aromatic carbocycles. The van der Waals surface area contributed by atoms with Crippen LogP contribution in [0.15, 0.2) is 0 Å². The van der Waals surface area contributed by atoms with Crippen LogP contribution in [-0.2, 0) is 18.2 Å². The van der Waals surface area contributed by atoms with Crippen molar-refractivity contribution in [1.29, 1.82) is 0 Å². The predicted molar refractivity (Wildman–Crippen MR) is 48.4 cm³/mol. The van der Waals surface area contributed by atoms with Crippen molar-refractivity contribution in [2.45, 2.75) is 26.4 Å². The molecule has 0 radical (unpaired) electrons. The fourth-order valence-corrected chi connectivity index (χ4v) is 0.416. The van der Waals surface area contributed by atoms with E-state index in [4.69, 9.17) is 4.74 Å². The Labute approximate surface area is 103 Å². The fraction of sp³-hybridized carbons (Fsp3) is 0.714. The van der Waals surface area contributed by atoms with Crippen LogP contribution in [0.5, 0.6) is 0 Å². The molecule has 0 aromatic rings. The molecule has 3 nitrogen and oxygen atoms in total. The zero-order chi connectivity index (χ0) is 8.20. The summed E-state index contributed by atoms with van der Waals surface area (Å²) in [5, 5.41) is 2.43. The zero-order valence-corrected chi connectivity index (χ0v) is 11.1. The molecule has 0 saturated heterocycles. The number of carbonyl (C=O) groups excluding carboxylic acids is 1. The topological polar surface area (TPSA) is 38.3 Å². The van der Waals surface area contributed by atoms with E-state index >= 15 is 0 Å². The van der Waals surface area contributed by atoms with Crippen molar-refractivity contribution < 1.29 is 39.1 Å². The molecule has 0 saturated carbocycles. The number of amides is 1. The first-order valence-corrected chi connectivity index (χ1v) is 3.22. The number of alkyl carbamates (subject to hydrolysis) is 1. The van der Waals surface area contributed by atoms with Gasteiger partial charge in [0.25, 0.3) is 0 Å². The Hall–Kier alpha value is 0.620. The third-order valence-corrected chi connectivity index (χ3v) is 0.668. The first-order valence-electron chi connectivity index (χ1n) is 3.22. The van der Waals surface area contributed by atoms with Crippen molar-refractivity contribution >= 4 is 19.6 Å². The molecular weight excluding hydrogens is 185 g/mol. The second kappa shape index (κ2) is 8.23. The van der Waals surface area contributed by atoms with E-state index in [9.17, 15) is 4.79 Å². The van der Waals surface area contributed by atoms with E-state index in [0.29, 0.717) is 6.54 Å². The smallest absolute Gasteiger partial charge is 0.813 e. The minimum Gasteiger partial charge on any atom is -0.813 e. The van der Waals surface area contributed by atoms with Crippen molar-refractivity contribution in [3.05, 3.63) is 6.92 Å². The van der Waals surface area contributed by atoms with Crippen LogP contribution in [-0.4, -0.2) is 18.2 Å². The van der Waals surface area contributed by atoms with Crippen molar-refractivity contribution in [2.24, 2.45) is 0 Å². The molecule has 0 fully saturated rings. The van der Waals surface area contributed by atoms with Gasteiger partial charge < -0.3 is 30.5 Å². The van der Waals surface area contributed by atoms with E-state index < -0.39 is 11.7 Å². The summed E-state index contributed by atoms with van der Waals surface area (Å²) in [6, 6.07) is 0. The van der Waals surface area contributed by atoms with Crippen LogP contribution in [0.4, 0.5) is 4.79 Å². The van der Waals surface area contributed by atoms with E-state index in [1.807, 2.05) is 20.8 Å². The summed E-state index contributed by atoms with van der Waals surface area (Å²) < 4.78 is 4.89. The second-order valence-corrected chi connectivity index (χ2v) is 2.93. The molecular formula is C7H15NNaO2S-. The summed E-state index contributed by atoms with van der Waals surface area (Å²) in [7, 11) is 0. The van der Waals surface area contributed by atoms with Crippen molar-refractivity contribution in [3.63, 3.8) is 0 Å². The number of ether oxygens (including phenoxy) is 1. The van der Waals surface area contributed by atoms with Gasteiger partial charge in [-0.3, -0.25) is 0 Å². The van der Waals surface area contributed by atoms with Gasteiger partial charge in [-0.25, -0.2) is 4.79 Å². The van der Waals surface area contributed by atoms with E-state index in [1.54, 1.807) is 0 Å². The summed E-state index contributed by atoms with van der Waals surface area (Å²) in [6.07, 6.45) is -0.414. The van der Waals surface area contributed by atoms with Crippen LogP contribution < -0.4 is 34.9 Å². The Morgan fingerprint density at radius 2 is 1.92 bits per heavy atom. The molecule has 0 aliphatic carbocycles. The summed E-state index contributed by atoms with van der Waals surface area (Å²) in [5.41, 5.74) is -0.417. The summed E-state index contributed by atoms with van der Waals surface area (Å²) >= 11 is 0. The van der Waals surface area contributed by atoms with Gasteiger partial charge in [0, 0.05) is 0 Å². The SMILES string of the molecule is [CH2-]CNC(=O)OC(C)(C)C.[Na+].[SH-]. The maximum atomic E-state index is 10.7. The van der Waals surface area contributed by atoms with E-state index in [0.717, 1.165) is 0 Å². The zero-order valence-electron chi connectivity index (χ0n) is 8.18. The minimum atomic E-state index is -0.417. The standard InChI is InChI=1S/C7H14NO2.Na.H2S/c1-5-8-6(9)10-7(2,3)4;;/h1,5H2,2-4H3,(H,8,9);;1H2/q-1;+1;/p-1. The van der Waals surface area contributed by atoms with Gasteiger partial charge >= 0.3 is 35.7 Å². The molecule has 0 spiro atoms. The number of hydrogen-bond donors (Lipinski definition) is 1. The average molecular weight is 200 g/mol. The van der Waals surface area contributed by atoms with Crippen LogP contribution >= 0.6 is 0 Å². The van der Waals surface area contributed by atoms with E-state index in [2.05, 4.69) is 12.2 Å². The molecule has 12 heavy (non-hydrogen) atoms. The number of rotatable bonds is 1. The van der Waals surface area contributed by atoms with Crippen molar-refractivity contribution in [2.75, 3.05) is 6.54 Å². The monoisotopic (exact) mass is 200 g/mol. The number of carbonyl (C=O) groups is 1. The first kappa shape index (κ1) is 18.4. The van der Waals surface area contributed by atoms with Crippen LogP contribution in [0, 0.1) is 6.92 Å². The number of thiol groups is 1. The maximum Gasteiger partial charge on any atom is 1.00 e. The van der Waals surface area contributed by atoms with Gasteiger partial charge in [0.2, 0.25) is 0 Å². The normalized spacial score (nSPS) is 9.00. The van der Waals surface area contributed by atoms with Crippen LogP contribution in [0.3, 0.4) is 0 Å². The second-order valence-electron chi connectivity index (χ2n) is 2.93. The van der Waals surface area contributed by atoms with Crippen LogP contribution in [0.2, 0.25) is 0 Å². The van der Waals surface area contributed by atoms with Crippen molar-refractivity contribution in [1.82, 2.24) is 5.32 Å². The molecule has 0 aliphatic heterocycles. The van der Waals surface area contributed by atoms with Gasteiger partial charge in [0.05, 0.1) is 0 Å². The van der Waals surface area contributed by atoms with Gasteiger partial charge in [-0.1, -0.05) is 0 Å². The minimum absolute atomic E-state index is 0. The summed E-state index contributed by atoms with van der Waals surface area (Å²) in [4.78, 5) is 10.7. The molecule has 0 unspecified atom stereocenters. The molecule has 1 N–H and O–H groups in total. The van der Waals surface area contributed by atoms with Crippen LogP contribution in [0.1, 0.15) is 20.8 Å². The Kier molecular flexibility index (Phi) is 12.6. The summed E-state index contributed by atoms with van der Waals surface area (Å²) in [6.45, 7) is 9.25. The van der Waals surface area contributed by atoms with Gasteiger partial charge in [-0.2, -0.15) is 0 Å². The first-order chi connectivity index (χ1) is 4.45.